The topological polar surface area (TPSA) is 177 Å². The standard InChI is InChI=1S/C44H32N2.C32H16N8.C31H26N2.C12H10O.C10H9NO.CH4.Al.Cu.H2NP/c1-3-17-37(18-4-1)45(43-23-11-15-35-13-7-9-21-41(35)43)39-29-25-33(26-30-39)34-27-31-40(32-28-34)46(38-19-5-2-6-20-38)44-24-12-16-36-14-8-10-22-42(36)44;1-2-10-18-17(9-1)25-33-26(18)38-28-21-13-5-6-14-22(21)30(35-28)40-32-24-16-8-7-15-23(24)31(36-32)39-29-20-12-4-3-11-19(20)27(34-29)37-25;1-31(2,27-21-32(23-13-5-3-6-14-23)29-19-11-9-17-25(27)29)28-22-33(24-15-7-4-8-16-24)30-20-12-10-18-26(28)30;13-12-8-6-11(7-9-12)10-4-2-1-3-5-10;1-7-5-6-8-3-2-4-9(12)10(8)11-7;;;;1-2/h1-32H;1-16H;3-22H,1-2H3;1-9,13H;2-6,12H,1H3;1H4;;;1-2H/q;-2;;;;;2*+2;/p-2/i/hD. The summed E-state index contributed by atoms with van der Waals surface area (Å²) in [7, 11) is 2.48. The summed E-state index contributed by atoms with van der Waals surface area (Å²) in [6.45, 7) is 6.68. The van der Waals surface area contributed by atoms with Crippen molar-refractivity contribution in [3.05, 3.63) is 515 Å². The molecule has 0 unspecified atom stereocenters. The van der Waals surface area contributed by atoms with Crippen LogP contribution in [0.3, 0.4) is 0 Å². The molecule has 718 valence electrons. The minimum atomic E-state index is -0.665. The smallest absolute Gasteiger partial charge is 0.616 e. The normalized spacial score (nSPS) is 11.2. The van der Waals surface area contributed by atoms with Crippen molar-refractivity contribution in [1.82, 2.24) is 54.0 Å². The quantitative estimate of drug-likeness (QED) is 0.0715. The van der Waals surface area contributed by atoms with Crippen molar-refractivity contribution in [1.29, 1.82) is 5.15 Å². The molecule has 1 N–H and O–H groups in total. The molecule has 2 aliphatic rings. The third-order valence-corrected chi connectivity index (χ3v) is 27.7. The van der Waals surface area contributed by atoms with Gasteiger partial charge in [-0.2, -0.15) is 0 Å². The predicted molar refractivity (Wildman–Crippen MR) is 612 cm³/mol. The van der Waals surface area contributed by atoms with Gasteiger partial charge in [0.15, 0.2) is 1.41 Å². The fraction of sp³-hybridized carbons (Fsp3) is 0.0385. The predicted octanol–water partition coefficient (Wildman–Crippen LogP) is 33.4. The zero-order valence-electron chi connectivity index (χ0n) is 81.8. The van der Waals surface area contributed by atoms with Crippen LogP contribution in [0.4, 0.5) is 34.1 Å². The van der Waals surface area contributed by atoms with E-state index in [-0.39, 0.29) is 29.9 Å². The summed E-state index contributed by atoms with van der Waals surface area (Å²) < 4.78 is 22.1. The van der Waals surface area contributed by atoms with Crippen molar-refractivity contribution in [2.45, 2.75) is 33.6 Å². The van der Waals surface area contributed by atoms with E-state index < -0.39 is 15.9 Å². The maximum Gasteiger partial charge on any atom is 2.00 e. The van der Waals surface area contributed by atoms with E-state index in [4.69, 9.17) is 48.9 Å². The molecule has 19 heteroatoms. The second kappa shape index (κ2) is 43.4. The van der Waals surface area contributed by atoms with Crippen LogP contribution >= 0.6 is 9.03 Å². The van der Waals surface area contributed by atoms with Gasteiger partial charge >= 0.3 is 33.0 Å². The molecule has 2 aliphatic heterocycles. The SMILES string of the molecule is C.CC(C)(c1cn(-c2ccccc2)c2ccccc12)c1cn(-c2ccccc2)c2ccccc12.Cc1ccc2cccc([O][Al][O]c3ccc(-c4ccccc4)cc3)c2n1.[2H]N=P.[Cu+2].c1ccc(N(c2ccc(-c3ccc(N(c4ccccc4)c4cccc5ccccc45)cc3)cc2)c2cccc3ccccc23)cc1.c1ccc2c(c1)-c1nc-2nc2[n-]c(nc3nc(nc4[n-]c(n1)c1ccccc41)-c1ccccc1-3)c1ccccc21. The van der Waals surface area contributed by atoms with E-state index in [0.29, 0.717) is 45.9 Å². The maximum atomic E-state index is 5.89. The Hall–Kier alpha value is -18.1. The number of hydrogen-bond acceptors (Lipinski definition) is 12. The third-order valence-electron chi connectivity index (χ3n) is 26.9. The molecule has 0 fully saturated rings. The van der Waals surface area contributed by atoms with Crippen LogP contribution < -0.4 is 27.3 Å². The van der Waals surface area contributed by atoms with Crippen LogP contribution in [-0.4, -0.2) is 59.9 Å². The number of benzene rings is 19. The van der Waals surface area contributed by atoms with Crippen LogP contribution in [0.5, 0.6) is 11.5 Å². The third kappa shape index (κ3) is 19.6. The molecule has 6 aromatic heterocycles. The van der Waals surface area contributed by atoms with Gasteiger partial charge in [-0.25, -0.2) is 15.0 Å². The van der Waals surface area contributed by atoms with Gasteiger partial charge in [0.1, 0.15) is 11.3 Å². The molecule has 16 nitrogen and oxygen atoms in total. The molecule has 25 aromatic rings. The van der Waals surface area contributed by atoms with E-state index in [1.165, 1.54) is 88.1 Å². The van der Waals surface area contributed by atoms with Crippen LogP contribution in [0.15, 0.2) is 498 Å². The summed E-state index contributed by atoms with van der Waals surface area (Å²) in [5.74, 6) is 3.78. The van der Waals surface area contributed by atoms with E-state index >= 15 is 0 Å². The monoisotopic (exact) mass is 2010 g/mol. The van der Waals surface area contributed by atoms with Crippen molar-refractivity contribution in [3.63, 3.8) is 0 Å². The van der Waals surface area contributed by atoms with Crippen molar-refractivity contribution in [2.24, 2.45) is 0 Å². The van der Waals surface area contributed by atoms with Gasteiger partial charge in [-0.3, -0.25) is 5.15 Å². The average Bonchev–Trinajstić information content (AvgIpc) is 1.57. The first-order chi connectivity index (χ1) is 73.0. The molecule has 0 spiro atoms. The van der Waals surface area contributed by atoms with E-state index in [1.807, 2.05) is 159 Å². The molecular formula is C130H97AlCuN14O2P. The number of nitrogens with one attached hydrogen (secondary N) is 1. The van der Waals surface area contributed by atoms with Crippen molar-refractivity contribution in [2.75, 3.05) is 9.80 Å². The molecule has 19 aromatic carbocycles. The van der Waals surface area contributed by atoms with Gasteiger partial charge in [-0.1, -0.05) is 385 Å². The fourth-order valence-electron chi connectivity index (χ4n) is 19.8. The van der Waals surface area contributed by atoms with Crippen LogP contribution in [0.25, 0.3) is 178 Å². The van der Waals surface area contributed by atoms with Gasteiger partial charge in [-0.05, 0) is 203 Å². The van der Waals surface area contributed by atoms with Gasteiger partial charge in [0, 0.05) is 129 Å². The van der Waals surface area contributed by atoms with Crippen LogP contribution in [0.2, 0.25) is 1.41 Å². The number of aryl methyl sites for hydroxylation is 1. The second-order valence-corrected chi connectivity index (χ2v) is 36.9. The minimum absolute atomic E-state index is 0. The number of nitrogens with zero attached hydrogens (tertiary/aromatic N) is 13. The van der Waals surface area contributed by atoms with Crippen LogP contribution in [0, 0.1) is 12.1 Å². The fourth-order valence-corrected chi connectivity index (χ4v) is 20.4. The number of rotatable bonds is 16. The van der Waals surface area contributed by atoms with Crippen molar-refractivity contribution < 1.29 is 26.1 Å². The first-order valence-electron chi connectivity index (χ1n) is 49.2. The Morgan fingerprint density at radius 2 is 0.611 bits per heavy atom. The molecule has 0 atom stereocenters. The Labute approximate surface area is 884 Å². The Balaban J connectivity index is 0.000000117. The molecular weight excluding hydrogens is 1910 g/mol. The summed E-state index contributed by atoms with van der Waals surface area (Å²) >= 11 is -0.665. The minimum Gasteiger partial charge on any atom is -0.616 e. The molecule has 2 radical (unpaired) electrons. The van der Waals surface area contributed by atoms with Crippen LogP contribution in [0.1, 0.15) is 38.1 Å². The number of anilines is 6. The second-order valence-electron chi connectivity index (χ2n) is 36.3. The zero-order chi connectivity index (χ0) is 99.8. The zero-order valence-corrected chi connectivity index (χ0v) is 83.9. The number of hydrogen-bond donors (Lipinski definition) is 1. The van der Waals surface area contributed by atoms with E-state index in [1.54, 1.807) is 0 Å². The Bertz CT molecular complexity index is 8760. The number of fused-ring (bicyclic) bond motifs is 25. The van der Waals surface area contributed by atoms with Gasteiger partial charge in [0.2, 0.25) is 0 Å². The molecule has 8 bridgehead atoms. The first-order valence-corrected chi connectivity index (χ1v) is 50.1. The summed E-state index contributed by atoms with van der Waals surface area (Å²) in [4.78, 5) is 48.5. The van der Waals surface area contributed by atoms with E-state index in [9.17, 15) is 0 Å². The van der Waals surface area contributed by atoms with E-state index in [0.717, 1.165) is 106 Å². The molecule has 27 rings (SSSR count). The number of pyridine rings is 1. The number of aromatic nitrogens is 11. The first kappa shape index (κ1) is 95.7. The summed E-state index contributed by atoms with van der Waals surface area (Å²) in [5.41, 5.74) is 26.5. The van der Waals surface area contributed by atoms with Crippen molar-refractivity contribution in [3.8, 4) is 90.7 Å². The molecule has 0 saturated heterocycles. The van der Waals surface area contributed by atoms with Crippen molar-refractivity contribution >= 4 is 157 Å². The van der Waals surface area contributed by atoms with Gasteiger partial charge in [0.05, 0.1) is 51.5 Å². The largest absolute Gasteiger partial charge is 2.00 e. The summed E-state index contributed by atoms with van der Waals surface area (Å²) in [5, 5.41) is 14.7. The Kier molecular flexibility index (Phi) is 27.9. The Morgan fingerprint density at radius 1 is 0.302 bits per heavy atom. The maximum absolute atomic E-state index is 5.89. The van der Waals surface area contributed by atoms with E-state index in [2.05, 4.69) is 398 Å². The summed E-state index contributed by atoms with van der Waals surface area (Å²) in [6, 6.07) is 168. The van der Waals surface area contributed by atoms with Crippen LogP contribution in [-0.2, 0) is 22.5 Å². The molecule has 8 heterocycles. The average molecular weight is 2010 g/mol. The molecule has 0 amide bonds. The van der Waals surface area contributed by atoms with Gasteiger partial charge < -0.3 is 56.4 Å². The summed E-state index contributed by atoms with van der Waals surface area (Å²) in [6.07, 6.45) is 4.66. The molecule has 0 aliphatic carbocycles. The number of para-hydroxylation sites is 7. The molecule has 149 heavy (non-hydrogen) atoms. The van der Waals surface area contributed by atoms with Gasteiger partial charge in [-0.15, -0.1) is 0 Å². The molecule has 0 saturated carbocycles. The Morgan fingerprint density at radius 3 is 1.01 bits per heavy atom. The van der Waals surface area contributed by atoms with Gasteiger partial charge in [0.25, 0.3) is 0 Å².